The predicted molar refractivity (Wildman–Crippen MR) is 87.4 cm³/mol. The van der Waals surface area contributed by atoms with Gasteiger partial charge in [0.25, 0.3) is 0 Å². The van der Waals surface area contributed by atoms with E-state index in [1.807, 2.05) is 13.0 Å². The van der Waals surface area contributed by atoms with Crippen LogP contribution in [0.1, 0.15) is 40.8 Å². The van der Waals surface area contributed by atoms with Crippen molar-refractivity contribution in [2.24, 2.45) is 0 Å². The minimum Gasteiger partial charge on any atom is -0.349 e. The van der Waals surface area contributed by atoms with Gasteiger partial charge in [-0.2, -0.15) is 0 Å². The third-order valence-corrected chi connectivity index (χ3v) is 3.80. The Morgan fingerprint density at radius 1 is 1.00 bits per heavy atom. The van der Waals surface area contributed by atoms with Gasteiger partial charge in [0.2, 0.25) is 5.91 Å². The lowest BCUT2D eigenvalue weighted by molar-refractivity contribution is -0.121. The summed E-state index contributed by atoms with van der Waals surface area (Å²) in [4.78, 5) is 12.2. The van der Waals surface area contributed by atoms with Crippen molar-refractivity contribution in [1.29, 1.82) is 0 Å². The molecule has 0 bridgehead atoms. The Morgan fingerprint density at radius 3 is 2.24 bits per heavy atom. The topological polar surface area (TPSA) is 29.1 Å². The Bertz CT molecular complexity index is 629. The van der Waals surface area contributed by atoms with Gasteiger partial charge in [-0.05, 0) is 44.4 Å². The largest absolute Gasteiger partial charge is 0.349 e. The molecule has 0 aliphatic carbocycles. The minimum atomic E-state index is 0.0313. The van der Waals surface area contributed by atoms with Gasteiger partial charge >= 0.3 is 0 Å². The third-order valence-electron chi connectivity index (χ3n) is 3.80. The predicted octanol–water partition coefficient (Wildman–Crippen LogP) is 4.03. The number of hydrogen-bond acceptors (Lipinski definition) is 1. The van der Waals surface area contributed by atoms with Gasteiger partial charge in [0, 0.05) is 0 Å². The van der Waals surface area contributed by atoms with Crippen LogP contribution in [-0.4, -0.2) is 5.91 Å². The summed E-state index contributed by atoms with van der Waals surface area (Å²) in [5.41, 5.74) is 5.86. The molecule has 0 heterocycles. The Balaban J connectivity index is 1.99. The number of benzene rings is 2. The number of carbonyl (C=O) groups excluding carboxylic acids is 1. The highest BCUT2D eigenvalue weighted by molar-refractivity contribution is 5.79. The fourth-order valence-electron chi connectivity index (χ4n) is 2.45. The Hall–Kier alpha value is -2.09. The van der Waals surface area contributed by atoms with E-state index in [4.69, 9.17) is 0 Å². The second-order valence-corrected chi connectivity index (χ2v) is 5.81. The molecule has 0 spiro atoms. The fraction of sp³-hybridized carbons (Fsp3) is 0.316. The van der Waals surface area contributed by atoms with Gasteiger partial charge in [0.05, 0.1) is 12.5 Å². The van der Waals surface area contributed by atoms with Crippen LogP contribution >= 0.6 is 0 Å². The van der Waals surface area contributed by atoms with Gasteiger partial charge in [-0.1, -0.05) is 53.6 Å². The normalized spacial score (nSPS) is 12.0. The Kier molecular flexibility index (Phi) is 4.79. The van der Waals surface area contributed by atoms with Crippen LogP contribution in [0.4, 0.5) is 0 Å². The number of amides is 1. The van der Waals surface area contributed by atoms with Crippen molar-refractivity contribution in [3.8, 4) is 0 Å². The third kappa shape index (κ3) is 4.19. The van der Waals surface area contributed by atoms with Crippen molar-refractivity contribution in [1.82, 2.24) is 5.32 Å². The van der Waals surface area contributed by atoms with E-state index in [9.17, 15) is 4.79 Å². The van der Waals surface area contributed by atoms with Crippen LogP contribution in [0.2, 0.25) is 0 Å². The summed E-state index contributed by atoms with van der Waals surface area (Å²) in [6.45, 7) is 8.20. The number of hydrogen-bond donors (Lipinski definition) is 1. The summed E-state index contributed by atoms with van der Waals surface area (Å²) in [5.74, 6) is 0.0648. The lowest BCUT2D eigenvalue weighted by Crippen LogP contribution is -2.28. The smallest absolute Gasteiger partial charge is 0.224 e. The van der Waals surface area contributed by atoms with E-state index in [2.05, 4.69) is 62.5 Å². The number of nitrogens with one attached hydrogen (secondary N) is 1. The Labute approximate surface area is 127 Å². The molecule has 1 N–H and O–H groups in total. The van der Waals surface area contributed by atoms with Gasteiger partial charge in [-0.3, -0.25) is 4.79 Å². The molecule has 0 fully saturated rings. The van der Waals surface area contributed by atoms with Gasteiger partial charge in [-0.15, -0.1) is 0 Å². The van der Waals surface area contributed by atoms with E-state index in [0.29, 0.717) is 6.42 Å². The fourth-order valence-corrected chi connectivity index (χ4v) is 2.45. The van der Waals surface area contributed by atoms with Crippen LogP contribution in [0.15, 0.2) is 42.5 Å². The molecule has 0 saturated heterocycles. The molecule has 0 aliphatic heterocycles. The summed E-state index contributed by atoms with van der Waals surface area (Å²) in [6.07, 6.45) is 0.433. The highest BCUT2D eigenvalue weighted by atomic mass is 16.1. The second-order valence-electron chi connectivity index (χ2n) is 5.81. The minimum absolute atomic E-state index is 0.0313. The Morgan fingerprint density at radius 2 is 1.62 bits per heavy atom. The van der Waals surface area contributed by atoms with Crippen molar-refractivity contribution >= 4 is 5.91 Å². The van der Waals surface area contributed by atoms with Gasteiger partial charge in [0.15, 0.2) is 0 Å². The van der Waals surface area contributed by atoms with Crippen molar-refractivity contribution in [2.75, 3.05) is 0 Å². The van der Waals surface area contributed by atoms with Gasteiger partial charge < -0.3 is 5.32 Å². The molecule has 1 amide bonds. The molecule has 0 aliphatic rings. The molecular weight excluding hydrogens is 258 g/mol. The van der Waals surface area contributed by atoms with E-state index in [-0.39, 0.29) is 11.9 Å². The summed E-state index contributed by atoms with van der Waals surface area (Å²) >= 11 is 0. The molecule has 2 heteroatoms. The van der Waals surface area contributed by atoms with E-state index < -0.39 is 0 Å². The molecule has 0 aromatic heterocycles. The van der Waals surface area contributed by atoms with Crippen molar-refractivity contribution in [3.63, 3.8) is 0 Å². The molecule has 21 heavy (non-hydrogen) atoms. The molecule has 2 aromatic carbocycles. The zero-order valence-corrected chi connectivity index (χ0v) is 13.2. The van der Waals surface area contributed by atoms with Crippen molar-refractivity contribution in [3.05, 3.63) is 70.3 Å². The van der Waals surface area contributed by atoms with Crippen molar-refractivity contribution in [2.45, 2.75) is 40.2 Å². The van der Waals surface area contributed by atoms with E-state index >= 15 is 0 Å². The van der Waals surface area contributed by atoms with Crippen LogP contribution < -0.4 is 5.32 Å². The van der Waals surface area contributed by atoms with E-state index in [0.717, 1.165) is 11.1 Å². The molecule has 110 valence electrons. The van der Waals surface area contributed by atoms with Crippen LogP contribution in [0.5, 0.6) is 0 Å². The number of aryl methyl sites for hydroxylation is 3. The first kappa shape index (κ1) is 15.3. The molecular formula is C19H23NO. The van der Waals surface area contributed by atoms with Gasteiger partial charge in [0.1, 0.15) is 0 Å². The molecule has 2 aromatic rings. The standard InChI is InChI=1S/C19H23NO/c1-13-5-8-17(9-6-13)16(4)20-19(21)12-18-10-7-14(2)11-15(18)3/h5-11,16H,12H2,1-4H3,(H,20,21). The van der Waals surface area contributed by atoms with Crippen LogP contribution in [0.3, 0.4) is 0 Å². The first-order valence-electron chi connectivity index (χ1n) is 7.38. The average molecular weight is 281 g/mol. The quantitative estimate of drug-likeness (QED) is 0.900. The zero-order valence-electron chi connectivity index (χ0n) is 13.2. The maximum absolute atomic E-state index is 12.2. The molecule has 0 saturated carbocycles. The summed E-state index contributed by atoms with van der Waals surface area (Å²) in [7, 11) is 0. The molecule has 2 nitrogen and oxygen atoms in total. The average Bonchev–Trinajstić information content (AvgIpc) is 2.42. The van der Waals surface area contributed by atoms with E-state index in [1.165, 1.54) is 16.7 Å². The maximum atomic E-state index is 12.2. The first-order chi connectivity index (χ1) is 9.95. The van der Waals surface area contributed by atoms with Crippen LogP contribution in [0.25, 0.3) is 0 Å². The van der Waals surface area contributed by atoms with Crippen LogP contribution in [0, 0.1) is 20.8 Å². The molecule has 2 rings (SSSR count). The zero-order chi connectivity index (χ0) is 15.4. The molecule has 1 unspecified atom stereocenters. The summed E-state index contributed by atoms with van der Waals surface area (Å²) in [5, 5.41) is 3.07. The number of carbonyl (C=O) groups is 1. The monoisotopic (exact) mass is 281 g/mol. The highest BCUT2D eigenvalue weighted by Gasteiger charge is 2.11. The summed E-state index contributed by atoms with van der Waals surface area (Å²) in [6, 6.07) is 14.5. The summed E-state index contributed by atoms with van der Waals surface area (Å²) < 4.78 is 0. The highest BCUT2D eigenvalue weighted by Crippen LogP contribution is 2.15. The van der Waals surface area contributed by atoms with Crippen molar-refractivity contribution < 1.29 is 4.79 Å². The lowest BCUT2D eigenvalue weighted by atomic mass is 10.0. The molecule has 1 atom stereocenters. The SMILES string of the molecule is Cc1ccc(C(C)NC(=O)Cc2ccc(C)cc2C)cc1. The van der Waals surface area contributed by atoms with Crippen LogP contribution in [-0.2, 0) is 11.2 Å². The maximum Gasteiger partial charge on any atom is 0.224 e. The second kappa shape index (κ2) is 6.57. The van der Waals surface area contributed by atoms with E-state index in [1.54, 1.807) is 0 Å². The number of rotatable bonds is 4. The lowest BCUT2D eigenvalue weighted by Gasteiger charge is -2.15. The molecule has 0 radical (unpaired) electrons. The first-order valence-corrected chi connectivity index (χ1v) is 7.38. The van der Waals surface area contributed by atoms with Gasteiger partial charge in [-0.25, -0.2) is 0 Å².